The molecular weight excluding hydrogens is 607 g/mol. The maximum atomic E-state index is 15.0. The number of halogens is 9. The molecule has 0 saturated heterocycles. The minimum Gasteiger partial charge on any atom is -0.429 e. The third kappa shape index (κ3) is 6.89. The van der Waals surface area contributed by atoms with E-state index in [9.17, 15) is 30.7 Å². The number of ether oxygens (including phenoxy) is 1. The molecular formula is C35H27F9O. The van der Waals surface area contributed by atoms with Crippen molar-refractivity contribution in [1.29, 1.82) is 0 Å². The molecule has 1 nitrogen and oxygen atoms in total. The molecule has 0 bridgehead atoms. The first-order valence-corrected chi connectivity index (χ1v) is 14.3. The Balaban J connectivity index is 1.33. The highest BCUT2D eigenvalue weighted by Crippen LogP contribution is 2.41. The molecule has 0 N–H and O–H groups in total. The third-order valence-electron chi connectivity index (χ3n) is 8.14. The first kappa shape index (κ1) is 32.2. The summed E-state index contributed by atoms with van der Waals surface area (Å²) >= 11 is 0. The molecule has 0 atom stereocenters. The van der Waals surface area contributed by atoms with Crippen LogP contribution in [-0.2, 0) is 6.11 Å². The highest BCUT2D eigenvalue weighted by molar-refractivity contribution is 5.72. The predicted molar refractivity (Wildman–Crippen MR) is 152 cm³/mol. The number of allylic oxidation sites excluding steroid dienone is 2. The van der Waals surface area contributed by atoms with Gasteiger partial charge >= 0.3 is 6.11 Å². The summed E-state index contributed by atoms with van der Waals surface area (Å²) in [6, 6.07) is 8.56. The van der Waals surface area contributed by atoms with E-state index >= 15 is 8.78 Å². The van der Waals surface area contributed by atoms with Gasteiger partial charge in [0.05, 0.1) is 0 Å². The molecule has 0 amide bonds. The van der Waals surface area contributed by atoms with E-state index in [1.165, 1.54) is 6.07 Å². The van der Waals surface area contributed by atoms with Gasteiger partial charge in [0.25, 0.3) is 0 Å². The zero-order valence-corrected chi connectivity index (χ0v) is 23.9. The second-order valence-electron chi connectivity index (χ2n) is 11.1. The van der Waals surface area contributed by atoms with Gasteiger partial charge in [-0.1, -0.05) is 24.3 Å². The lowest BCUT2D eigenvalue weighted by Crippen LogP contribution is -2.25. The topological polar surface area (TPSA) is 9.23 Å². The molecule has 0 aromatic heterocycles. The van der Waals surface area contributed by atoms with Crippen LogP contribution in [0.25, 0.3) is 22.3 Å². The molecule has 0 unspecified atom stereocenters. The summed E-state index contributed by atoms with van der Waals surface area (Å²) in [7, 11) is 0. The summed E-state index contributed by atoms with van der Waals surface area (Å²) in [5.74, 6) is -10.4. The lowest BCUT2D eigenvalue weighted by molar-refractivity contribution is -0.189. The molecule has 10 heteroatoms. The lowest BCUT2D eigenvalue weighted by atomic mass is 9.77. The quantitative estimate of drug-likeness (QED) is 0.106. The van der Waals surface area contributed by atoms with Crippen LogP contribution in [0.2, 0.25) is 0 Å². The molecule has 0 radical (unpaired) electrons. The second kappa shape index (κ2) is 13.0. The van der Waals surface area contributed by atoms with E-state index < -0.39 is 58.1 Å². The fraction of sp³-hybridized carbons (Fsp3) is 0.257. The molecule has 5 rings (SSSR count). The van der Waals surface area contributed by atoms with Crippen molar-refractivity contribution in [2.24, 2.45) is 5.92 Å². The van der Waals surface area contributed by atoms with Crippen LogP contribution >= 0.6 is 0 Å². The van der Waals surface area contributed by atoms with E-state index in [1.807, 2.05) is 13.0 Å². The van der Waals surface area contributed by atoms with Crippen molar-refractivity contribution in [1.82, 2.24) is 0 Å². The van der Waals surface area contributed by atoms with Gasteiger partial charge in [0, 0.05) is 17.2 Å². The van der Waals surface area contributed by atoms with Gasteiger partial charge in [-0.3, -0.25) is 0 Å². The molecule has 1 fully saturated rings. The van der Waals surface area contributed by atoms with Gasteiger partial charge in [-0.05, 0) is 110 Å². The molecule has 4 aromatic carbocycles. The van der Waals surface area contributed by atoms with Crippen LogP contribution in [0.4, 0.5) is 39.5 Å². The average molecular weight is 635 g/mol. The van der Waals surface area contributed by atoms with Crippen molar-refractivity contribution < 1.29 is 44.3 Å². The number of hydrogen-bond acceptors (Lipinski definition) is 1. The van der Waals surface area contributed by atoms with E-state index in [2.05, 4.69) is 10.8 Å². The molecule has 0 heterocycles. The highest BCUT2D eigenvalue weighted by Gasteiger charge is 2.41. The van der Waals surface area contributed by atoms with Crippen molar-refractivity contribution in [2.75, 3.05) is 0 Å². The van der Waals surface area contributed by atoms with Crippen LogP contribution < -0.4 is 4.74 Å². The maximum Gasteiger partial charge on any atom is 0.432 e. The zero-order chi connectivity index (χ0) is 32.5. The minimum atomic E-state index is -4.50. The Labute approximate surface area is 254 Å². The first-order chi connectivity index (χ1) is 21.4. The van der Waals surface area contributed by atoms with Gasteiger partial charge in [-0.15, -0.1) is 0 Å². The molecule has 1 aliphatic carbocycles. The number of rotatable bonds is 8. The smallest absolute Gasteiger partial charge is 0.429 e. The van der Waals surface area contributed by atoms with E-state index in [4.69, 9.17) is 0 Å². The van der Waals surface area contributed by atoms with Crippen molar-refractivity contribution in [3.8, 4) is 28.0 Å². The Kier molecular flexibility index (Phi) is 9.32. The van der Waals surface area contributed by atoms with Crippen LogP contribution in [0.5, 0.6) is 5.75 Å². The minimum absolute atomic E-state index is 0.0707. The molecule has 45 heavy (non-hydrogen) atoms. The van der Waals surface area contributed by atoms with E-state index in [1.54, 1.807) is 0 Å². The Morgan fingerprint density at radius 3 is 1.80 bits per heavy atom. The van der Waals surface area contributed by atoms with Gasteiger partial charge in [0.15, 0.2) is 17.5 Å². The van der Waals surface area contributed by atoms with E-state index in [-0.39, 0.29) is 33.7 Å². The lowest BCUT2D eigenvalue weighted by Gasteiger charge is -2.29. The number of alkyl halides is 2. The third-order valence-corrected chi connectivity index (χ3v) is 8.14. The Hall–Kier alpha value is -4.21. The largest absolute Gasteiger partial charge is 0.432 e. The van der Waals surface area contributed by atoms with Crippen LogP contribution in [-0.4, -0.2) is 0 Å². The van der Waals surface area contributed by atoms with Gasteiger partial charge < -0.3 is 4.74 Å². The molecule has 4 aromatic rings. The van der Waals surface area contributed by atoms with E-state index in [0.717, 1.165) is 55.7 Å². The van der Waals surface area contributed by atoms with E-state index in [0.29, 0.717) is 37.0 Å². The van der Waals surface area contributed by atoms with Gasteiger partial charge in [-0.25, -0.2) is 30.7 Å². The van der Waals surface area contributed by atoms with Crippen LogP contribution in [0.3, 0.4) is 0 Å². The maximum absolute atomic E-state index is 15.0. The molecule has 0 spiro atoms. The summed E-state index contributed by atoms with van der Waals surface area (Å²) in [4.78, 5) is 0. The van der Waals surface area contributed by atoms with Gasteiger partial charge in [-0.2, -0.15) is 8.78 Å². The summed E-state index contributed by atoms with van der Waals surface area (Å²) in [5.41, 5.74) is -2.25. The van der Waals surface area contributed by atoms with Crippen molar-refractivity contribution in [3.05, 3.63) is 125 Å². The molecule has 0 aliphatic heterocycles. The summed E-state index contributed by atoms with van der Waals surface area (Å²) in [6.45, 7) is 1.93. The Morgan fingerprint density at radius 2 is 1.22 bits per heavy atom. The molecule has 236 valence electrons. The van der Waals surface area contributed by atoms with Crippen LogP contribution in [0.1, 0.15) is 56.1 Å². The molecule has 1 aliphatic rings. The van der Waals surface area contributed by atoms with Crippen molar-refractivity contribution in [3.63, 3.8) is 0 Å². The van der Waals surface area contributed by atoms with Gasteiger partial charge in [0.2, 0.25) is 0 Å². The summed E-state index contributed by atoms with van der Waals surface area (Å²) in [5, 5.41) is 0. The second-order valence-corrected chi connectivity index (χ2v) is 11.1. The van der Waals surface area contributed by atoms with Gasteiger partial charge in [0.1, 0.15) is 34.6 Å². The van der Waals surface area contributed by atoms with Crippen LogP contribution in [0, 0.1) is 46.6 Å². The monoisotopic (exact) mass is 634 g/mol. The standard InChI is InChI=1S/C35H27F9O/c1-2-3-4-19-5-7-20(8-6-19)22-14-29(38)33(30(39)15-22)35(43,44)45-24-10-12-25(28(37)18-24)21-9-11-26(27(36)13-21)23-16-31(40)34(42)32(41)17-23/h2-3,9-20H,4-8H2,1H3. The SMILES string of the molecule is CC=CCC1CCC(c2cc(F)c(C(F)(F)Oc3ccc(-c4ccc(-c5cc(F)c(F)c(F)c5)c(F)c4)c(F)c3)c(F)c2)CC1. The number of hydrogen-bond donors (Lipinski definition) is 0. The normalized spacial score (nSPS) is 17.2. The molecule has 1 saturated carbocycles. The number of benzene rings is 4. The Bertz CT molecular complexity index is 1690. The van der Waals surface area contributed by atoms with Crippen LogP contribution in [0.15, 0.2) is 72.8 Å². The highest BCUT2D eigenvalue weighted by atomic mass is 19.3. The zero-order valence-electron chi connectivity index (χ0n) is 23.9. The predicted octanol–water partition coefficient (Wildman–Crippen LogP) is 11.4. The first-order valence-electron chi connectivity index (χ1n) is 14.3. The average Bonchev–Trinajstić information content (AvgIpc) is 2.98. The van der Waals surface area contributed by atoms with Crippen molar-refractivity contribution in [2.45, 2.75) is 51.1 Å². The summed E-state index contributed by atoms with van der Waals surface area (Å²) in [6.07, 6.45) is 3.51. The fourth-order valence-corrected chi connectivity index (χ4v) is 5.79. The fourth-order valence-electron chi connectivity index (χ4n) is 5.79. The Morgan fingerprint density at radius 1 is 0.667 bits per heavy atom. The summed E-state index contributed by atoms with van der Waals surface area (Å²) < 4.78 is 135. The van der Waals surface area contributed by atoms with Crippen molar-refractivity contribution >= 4 is 0 Å².